The average molecular weight is 367 g/mol. The third-order valence-corrected chi connectivity index (χ3v) is 6.05. The number of nitrogens with zero attached hydrogens (tertiary/aromatic N) is 3. The molecule has 1 fully saturated rings. The summed E-state index contributed by atoms with van der Waals surface area (Å²) in [6, 6.07) is 0. The molecule has 3 heterocycles. The number of carbonyl (C=O) groups is 2. The number of fused-ring (bicyclic) bond motifs is 1. The summed E-state index contributed by atoms with van der Waals surface area (Å²) in [7, 11) is 0. The minimum absolute atomic E-state index is 0. The maximum Gasteiger partial charge on any atom is 0.353 e. The Morgan fingerprint density at radius 2 is 2.38 bits per heavy atom. The summed E-state index contributed by atoms with van der Waals surface area (Å²) in [4.78, 5) is 24.9. The molecule has 3 N–H and O–H groups in total. The number of halogens is 1. The maximum atomic E-state index is 11.6. The molecule has 11 heteroatoms. The van der Waals surface area contributed by atoms with Gasteiger partial charge >= 0.3 is 5.97 Å². The summed E-state index contributed by atoms with van der Waals surface area (Å²) in [5.74, 6) is -0.790. The minimum atomic E-state index is -1.11. The highest BCUT2D eigenvalue weighted by Gasteiger charge is 2.47. The Hall–Kier alpha value is -0.810. The summed E-state index contributed by atoms with van der Waals surface area (Å²) in [5, 5.41) is 14.5. The van der Waals surface area contributed by atoms with Crippen LogP contribution in [0.25, 0.3) is 0 Å². The van der Waals surface area contributed by atoms with Crippen LogP contribution in [0.2, 0.25) is 0 Å². The van der Waals surface area contributed by atoms with Crippen LogP contribution in [0.4, 0.5) is 0 Å². The molecule has 0 bridgehead atoms. The van der Waals surface area contributed by atoms with Gasteiger partial charge in [-0.05, 0) is 11.5 Å². The van der Waals surface area contributed by atoms with Crippen LogP contribution in [0.3, 0.4) is 0 Å². The number of carboxylic acid groups (broad SMARTS) is 1. The molecular weight excluding hydrogens is 356 g/mol. The lowest BCUT2D eigenvalue weighted by Crippen LogP contribution is -2.56. The van der Waals surface area contributed by atoms with Crippen molar-refractivity contribution in [2.75, 3.05) is 0 Å². The number of hydrogen-bond acceptors (Lipinski definition) is 8. The number of aliphatic carboxylic acids is 1. The Bertz CT molecular complexity index is 594. The second-order valence-electron chi connectivity index (χ2n) is 4.18. The third-order valence-electron chi connectivity index (χ3n) is 2.93. The molecule has 0 radical (unpaired) electrons. The standard InChI is InChI=1S/C10H10N4O3S3.ClH/c11-9-8(18-2-4-3-19-13-12-4)7(10(16)17)14-5(15)1-6(14)20-9;/h3,6,9H,1-2,11H2,(H,16,17);1H/t6-,9?;/m1./s1. The van der Waals surface area contributed by atoms with Crippen molar-refractivity contribution >= 4 is 59.3 Å². The number of aromatic nitrogens is 2. The highest BCUT2D eigenvalue weighted by molar-refractivity contribution is 8.06. The fourth-order valence-electron chi connectivity index (χ4n) is 2.01. The second kappa shape index (κ2) is 6.53. The predicted octanol–water partition coefficient (Wildman–Crippen LogP) is 1.08. The summed E-state index contributed by atoms with van der Waals surface area (Å²) in [5.41, 5.74) is 6.82. The summed E-state index contributed by atoms with van der Waals surface area (Å²) < 4.78 is 3.75. The van der Waals surface area contributed by atoms with Crippen LogP contribution in [0, 0.1) is 0 Å². The molecule has 1 aromatic heterocycles. The van der Waals surface area contributed by atoms with Crippen LogP contribution in [-0.4, -0.2) is 42.2 Å². The van der Waals surface area contributed by atoms with Crippen LogP contribution < -0.4 is 5.73 Å². The molecular formula is C10H11ClN4O3S3. The molecule has 0 aromatic carbocycles. The Balaban J connectivity index is 0.00000161. The van der Waals surface area contributed by atoms with E-state index < -0.39 is 11.3 Å². The zero-order valence-electron chi connectivity index (χ0n) is 10.5. The van der Waals surface area contributed by atoms with Crippen molar-refractivity contribution in [1.29, 1.82) is 0 Å². The van der Waals surface area contributed by atoms with Gasteiger partial charge in [-0.2, -0.15) is 0 Å². The van der Waals surface area contributed by atoms with E-state index in [1.165, 1.54) is 40.0 Å². The highest BCUT2D eigenvalue weighted by Crippen LogP contribution is 2.46. The van der Waals surface area contributed by atoms with Crippen molar-refractivity contribution in [1.82, 2.24) is 14.5 Å². The topological polar surface area (TPSA) is 109 Å². The first-order valence-electron chi connectivity index (χ1n) is 5.67. The van der Waals surface area contributed by atoms with Gasteiger partial charge in [0, 0.05) is 16.0 Å². The van der Waals surface area contributed by atoms with Crippen LogP contribution >= 0.6 is 47.5 Å². The van der Waals surface area contributed by atoms with Gasteiger partial charge in [-0.1, -0.05) is 4.49 Å². The van der Waals surface area contributed by atoms with Gasteiger partial charge in [-0.15, -0.1) is 41.0 Å². The Labute approximate surface area is 138 Å². The van der Waals surface area contributed by atoms with Gasteiger partial charge < -0.3 is 10.8 Å². The number of rotatable bonds is 4. The fourth-order valence-corrected chi connectivity index (χ4v) is 5.02. The van der Waals surface area contributed by atoms with Crippen molar-refractivity contribution in [3.05, 3.63) is 21.7 Å². The largest absolute Gasteiger partial charge is 0.477 e. The fraction of sp³-hybridized carbons (Fsp3) is 0.400. The molecule has 1 saturated heterocycles. The molecule has 114 valence electrons. The van der Waals surface area contributed by atoms with Crippen molar-refractivity contribution in [3.63, 3.8) is 0 Å². The number of hydrogen-bond donors (Lipinski definition) is 2. The number of nitrogens with two attached hydrogens (primary N) is 1. The molecule has 2 aliphatic heterocycles. The Kier molecular flexibility index (Phi) is 5.15. The van der Waals surface area contributed by atoms with Crippen LogP contribution in [-0.2, 0) is 15.3 Å². The van der Waals surface area contributed by atoms with E-state index in [4.69, 9.17) is 5.73 Å². The molecule has 1 aromatic rings. The van der Waals surface area contributed by atoms with E-state index in [1.54, 1.807) is 5.38 Å². The molecule has 2 aliphatic rings. The predicted molar refractivity (Wildman–Crippen MR) is 83.9 cm³/mol. The lowest BCUT2D eigenvalue weighted by Gasteiger charge is -2.45. The number of carbonyl (C=O) groups excluding carboxylic acids is 1. The monoisotopic (exact) mass is 366 g/mol. The van der Waals surface area contributed by atoms with E-state index in [1.807, 2.05) is 0 Å². The van der Waals surface area contributed by atoms with Crippen molar-refractivity contribution in [3.8, 4) is 0 Å². The van der Waals surface area contributed by atoms with Crippen LogP contribution in [0.5, 0.6) is 0 Å². The molecule has 0 spiro atoms. The van der Waals surface area contributed by atoms with E-state index in [9.17, 15) is 14.7 Å². The van der Waals surface area contributed by atoms with E-state index >= 15 is 0 Å². The Morgan fingerprint density at radius 1 is 1.62 bits per heavy atom. The third kappa shape index (κ3) is 3.04. The molecule has 0 aliphatic carbocycles. The summed E-state index contributed by atoms with van der Waals surface area (Å²) in [6.07, 6.45) is 0.350. The maximum absolute atomic E-state index is 11.6. The SMILES string of the molecule is Cl.NC1S[C@@H]2CC(=O)N2C(C(=O)O)=C1SCc1csnn1. The zero-order chi connectivity index (χ0) is 14.3. The zero-order valence-corrected chi connectivity index (χ0v) is 13.7. The summed E-state index contributed by atoms with van der Waals surface area (Å²) >= 11 is 3.96. The van der Waals surface area contributed by atoms with Crippen molar-refractivity contribution in [2.45, 2.75) is 22.9 Å². The lowest BCUT2D eigenvalue weighted by molar-refractivity contribution is -0.146. The number of amides is 1. The van der Waals surface area contributed by atoms with Gasteiger partial charge in [0.1, 0.15) is 5.70 Å². The first kappa shape index (κ1) is 16.6. The molecule has 3 rings (SSSR count). The minimum Gasteiger partial charge on any atom is -0.477 e. The quantitative estimate of drug-likeness (QED) is 0.762. The molecule has 2 atom stereocenters. The van der Waals surface area contributed by atoms with Crippen LogP contribution in [0.15, 0.2) is 16.0 Å². The van der Waals surface area contributed by atoms with Crippen molar-refractivity contribution < 1.29 is 14.7 Å². The van der Waals surface area contributed by atoms with Crippen LogP contribution in [0.1, 0.15) is 12.1 Å². The number of carboxylic acids is 1. The first-order valence-corrected chi connectivity index (χ1v) is 8.43. The normalized spacial score (nSPS) is 24.2. The highest BCUT2D eigenvalue weighted by atomic mass is 35.5. The summed E-state index contributed by atoms with van der Waals surface area (Å²) in [6.45, 7) is 0. The van der Waals surface area contributed by atoms with Gasteiger partial charge in [-0.3, -0.25) is 9.69 Å². The molecule has 1 unspecified atom stereocenters. The van der Waals surface area contributed by atoms with E-state index in [0.29, 0.717) is 17.1 Å². The molecule has 1 amide bonds. The first-order chi connectivity index (χ1) is 9.58. The number of thioether (sulfide) groups is 2. The van der Waals surface area contributed by atoms with E-state index in [2.05, 4.69) is 9.59 Å². The van der Waals surface area contributed by atoms with Gasteiger partial charge in [0.25, 0.3) is 0 Å². The smallest absolute Gasteiger partial charge is 0.353 e. The van der Waals surface area contributed by atoms with Gasteiger partial charge in [-0.25, -0.2) is 4.79 Å². The molecule has 21 heavy (non-hydrogen) atoms. The number of β-lactam (4-membered cyclic amide) rings is 1. The average Bonchev–Trinajstić information content (AvgIpc) is 2.89. The van der Waals surface area contributed by atoms with Gasteiger partial charge in [0.05, 0.1) is 22.9 Å². The Morgan fingerprint density at radius 3 is 2.95 bits per heavy atom. The molecule has 0 saturated carbocycles. The van der Waals surface area contributed by atoms with Gasteiger partial charge in [0.15, 0.2) is 0 Å². The van der Waals surface area contributed by atoms with Gasteiger partial charge in [0.2, 0.25) is 5.91 Å². The van der Waals surface area contributed by atoms with E-state index in [0.717, 1.165) is 5.69 Å². The molecule has 7 nitrogen and oxygen atoms in total. The van der Waals surface area contributed by atoms with E-state index in [-0.39, 0.29) is 29.4 Å². The van der Waals surface area contributed by atoms with Crippen molar-refractivity contribution in [2.24, 2.45) is 5.73 Å². The lowest BCUT2D eigenvalue weighted by atomic mass is 10.1. The second-order valence-corrected chi connectivity index (χ2v) is 7.13.